The fourth-order valence-electron chi connectivity index (χ4n) is 2.25. The van der Waals surface area contributed by atoms with Gasteiger partial charge in [-0.15, -0.1) is 10.2 Å². The fourth-order valence-corrected chi connectivity index (χ4v) is 2.81. The van der Waals surface area contributed by atoms with E-state index in [1.54, 1.807) is 24.3 Å². The van der Waals surface area contributed by atoms with E-state index in [2.05, 4.69) is 20.3 Å². The number of carbonyl (C=O) groups is 2. The summed E-state index contributed by atoms with van der Waals surface area (Å²) in [6.45, 7) is 2.00. The summed E-state index contributed by atoms with van der Waals surface area (Å²) >= 11 is 1.14. The molecule has 7 nitrogen and oxygen atoms in total. The van der Waals surface area contributed by atoms with E-state index >= 15 is 0 Å². The van der Waals surface area contributed by atoms with Crippen LogP contribution in [-0.4, -0.2) is 34.9 Å². The number of anilines is 1. The third-order valence-electron chi connectivity index (χ3n) is 3.60. The molecule has 1 amide bonds. The Morgan fingerprint density at radius 3 is 2.67 bits per heavy atom. The summed E-state index contributed by atoms with van der Waals surface area (Å²) in [5.74, 6) is -0.214. The van der Waals surface area contributed by atoms with Crippen LogP contribution in [0.4, 0.5) is 5.69 Å². The van der Waals surface area contributed by atoms with Crippen molar-refractivity contribution >= 4 is 29.3 Å². The lowest BCUT2D eigenvalue weighted by atomic mass is 10.1. The summed E-state index contributed by atoms with van der Waals surface area (Å²) < 4.78 is 10.2. The minimum absolute atomic E-state index is 0.0952. The van der Waals surface area contributed by atoms with Crippen molar-refractivity contribution < 1.29 is 18.7 Å². The average Bonchev–Trinajstić information content (AvgIpc) is 3.15. The lowest BCUT2D eigenvalue weighted by Crippen LogP contribution is -2.14. The standard InChI is InChI=1S/C19H17N3O4S/c1-12-6-8-13(9-7-12)17-21-22-19(26-17)27-11-16(23)20-15-5-3-4-14(10-15)18(24)25-2/h3-10H,11H2,1-2H3,(H,20,23). The molecule has 3 aromatic rings. The SMILES string of the molecule is COC(=O)c1cccc(NC(=O)CSc2nnc(-c3ccc(C)cc3)o2)c1. The minimum atomic E-state index is -0.463. The Labute approximate surface area is 160 Å². The first-order chi connectivity index (χ1) is 13.0. The molecule has 1 heterocycles. The Morgan fingerprint density at radius 1 is 1.15 bits per heavy atom. The number of thioether (sulfide) groups is 1. The molecule has 0 atom stereocenters. The van der Waals surface area contributed by atoms with Crippen LogP contribution in [0.3, 0.4) is 0 Å². The van der Waals surface area contributed by atoms with Crippen molar-refractivity contribution in [2.75, 3.05) is 18.2 Å². The van der Waals surface area contributed by atoms with Gasteiger partial charge in [-0.2, -0.15) is 0 Å². The van der Waals surface area contributed by atoms with E-state index in [-0.39, 0.29) is 11.7 Å². The highest BCUT2D eigenvalue weighted by molar-refractivity contribution is 7.99. The van der Waals surface area contributed by atoms with Crippen LogP contribution in [0.2, 0.25) is 0 Å². The number of methoxy groups -OCH3 is 1. The van der Waals surface area contributed by atoms with Gasteiger partial charge in [0.1, 0.15) is 0 Å². The van der Waals surface area contributed by atoms with Crippen LogP contribution in [0, 0.1) is 6.92 Å². The van der Waals surface area contributed by atoms with Gasteiger partial charge in [-0.05, 0) is 37.3 Å². The van der Waals surface area contributed by atoms with Crippen LogP contribution in [0.25, 0.3) is 11.5 Å². The summed E-state index contributed by atoms with van der Waals surface area (Å²) in [5, 5.41) is 11.0. The van der Waals surface area contributed by atoms with Crippen LogP contribution >= 0.6 is 11.8 Å². The van der Waals surface area contributed by atoms with E-state index in [1.807, 2.05) is 31.2 Å². The maximum atomic E-state index is 12.1. The Kier molecular flexibility index (Phi) is 5.87. The zero-order valence-electron chi connectivity index (χ0n) is 14.8. The Balaban J connectivity index is 1.57. The number of nitrogens with zero attached hydrogens (tertiary/aromatic N) is 2. The van der Waals surface area contributed by atoms with Crippen molar-refractivity contribution in [1.29, 1.82) is 0 Å². The summed E-state index contributed by atoms with van der Waals surface area (Å²) in [5.41, 5.74) is 2.83. The van der Waals surface area contributed by atoms with E-state index < -0.39 is 5.97 Å². The Hall–Kier alpha value is -3.13. The lowest BCUT2D eigenvalue weighted by Gasteiger charge is -2.05. The van der Waals surface area contributed by atoms with Gasteiger partial charge in [-0.3, -0.25) is 4.79 Å². The molecule has 0 saturated carbocycles. The molecule has 8 heteroatoms. The molecular formula is C19H17N3O4S. The molecular weight excluding hydrogens is 366 g/mol. The van der Waals surface area contributed by atoms with Gasteiger partial charge in [0.05, 0.1) is 18.4 Å². The normalized spacial score (nSPS) is 10.4. The van der Waals surface area contributed by atoms with Crippen molar-refractivity contribution in [3.8, 4) is 11.5 Å². The predicted octanol–water partition coefficient (Wildman–Crippen LogP) is 3.56. The summed E-state index contributed by atoms with van der Waals surface area (Å²) in [4.78, 5) is 23.6. The number of carbonyl (C=O) groups excluding carboxylic acids is 2. The number of hydrogen-bond donors (Lipinski definition) is 1. The van der Waals surface area contributed by atoms with E-state index in [1.165, 1.54) is 7.11 Å². The minimum Gasteiger partial charge on any atom is -0.465 e. The first-order valence-electron chi connectivity index (χ1n) is 8.07. The molecule has 0 spiro atoms. The molecule has 0 radical (unpaired) electrons. The van der Waals surface area contributed by atoms with Gasteiger partial charge in [0.25, 0.3) is 5.22 Å². The molecule has 138 valence electrons. The highest BCUT2D eigenvalue weighted by Crippen LogP contribution is 2.23. The zero-order valence-corrected chi connectivity index (χ0v) is 15.6. The van der Waals surface area contributed by atoms with Crippen molar-refractivity contribution in [2.45, 2.75) is 12.1 Å². The predicted molar refractivity (Wildman–Crippen MR) is 102 cm³/mol. The summed E-state index contributed by atoms with van der Waals surface area (Å²) in [7, 11) is 1.31. The number of rotatable bonds is 6. The number of ether oxygens (including phenoxy) is 1. The molecule has 2 aromatic carbocycles. The number of benzene rings is 2. The van der Waals surface area contributed by atoms with Gasteiger partial charge in [0.2, 0.25) is 11.8 Å². The van der Waals surface area contributed by atoms with Crippen molar-refractivity contribution in [3.63, 3.8) is 0 Å². The Bertz CT molecular complexity index is 954. The second-order valence-corrected chi connectivity index (χ2v) is 6.57. The van der Waals surface area contributed by atoms with Crippen molar-refractivity contribution in [1.82, 2.24) is 10.2 Å². The molecule has 0 aliphatic heterocycles. The number of aromatic nitrogens is 2. The monoisotopic (exact) mass is 383 g/mol. The second-order valence-electron chi connectivity index (χ2n) is 5.65. The molecule has 0 saturated heterocycles. The van der Waals surface area contributed by atoms with Crippen molar-refractivity contribution in [2.24, 2.45) is 0 Å². The molecule has 0 aliphatic carbocycles. The van der Waals surface area contributed by atoms with Crippen LogP contribution < -0.4 is 5.32 Å². The molecule has 0 aliphatic rings. The molecule has 0 bridgehead atoms. The summed E-state index contributed by atoms with van der Waals surface area (Å²) in [6.07, 6.45) is 0. The molecule has 0 unspecified atom stereocenters. The highest BCUT2D eigenvalue weighted by Gasteiger charge is 2.12. The number of nitrogens with one attached hydrogen (secondary N) is 1. The van der Waals surface area contributed by atoms with Gasteiger partial charge in [-0.1, -0.05) is 35.5 Å². The molecule has 1 N–H and O–H groups in total. The molecule has 0 fully saturated rings. The van der Waals surface area contributed by atoms with Crippen molar-refractivity contribution in [3.05, 3.63) is 59.7 Å². The number of esters is 1. The quantitative estimate of drug-likeness (QED) is 0.514. The smallest absolute Gasteiger partial charge is 0.337 e. The van der Waals surface area contributed by atoms with Crippen LogP contribution in [0.5, 0.6) is 0 Å². The van der Waals surface area contributed by atoms with Crippen LogP contribution in [0.1, 0.15) is 15.9 Å². The average molecular weight is 383 g/mol. The van der Waals surface area contributed by atoms with E-state index in [9.17, 15) is 9.59 Å². The van der Waals surface area contributed by atoms with Gasteiger partial charge in [0.15, 0.2) is 0 Å². The number of hydrogen-bond acceptors (Lipinski definition) is 7. The van der Waals surface area contributed by atoms with Crippen LogP contribution in [0.15, 0.2) is 58.2 Å². The van der Waals surface area contributed by atoms with Gasteiger partial charge >= 0.3 is 5.97 Å². The van der Waals surface area contributed by atoms with E-state index in [4.69, 9.17) is 4.42 Å². The van der Waals surface area contributed by atoms with E-state index in [0.29, 0.717) is 22.4 Å². The molecule has 1 aromatic heterocycles. The van der Waals surface area contributed by atoms with E-state index in [0.717, 1.165) is 22.9 Å². The van der Waals surface area contributed by atoms with Gasteiger partial charge in [-0.25, -0.2) is 4.79 Å². The van der Waals surface area contributed by atoms with Gasteiger partial charge in [0, 0.05) is 11.3 Å². The maximum absolute atomic E-state index is 12.1. The highest BCUT2D eigenvalue weighted by atomic mass is 32.2. The second kappa shape index (κ2) is 8.50. The first kappa shape index (κ1) is 18.7. The zero-order chi connectivity index (χ0) is 19.2. The third-order valence-corrected chi connectivity index (χ3v) is 4.42. The van der Waals surface area contributed by atoms with Gasteiger partial charge < -0.3 is 14.5 Å². The van der Waals surface area contributed by atoms with Crippen LogP contribution in [-0.2, 0) is 9.53 Å². The topological polar surface area (TPSA) is 94.3 Å². The third kappa shape index (κ3) is 4.95. The number of aryl methyl sites for hydroxylation is 1. The summed E-state index contributed by atoms with van der Waals surface area (Å²) in [6, 6.07) is 14.2. The number of amides is 1. The Morgan fingerprint density at radius 2 is 1.93 bits per heavy atom. The first-order valence-corrected chi connectivity index (χ1v) is 9.05. The molecule has 3 rings (SSSR count). The largest absolute Gasteiger partial charge is 0.465 e. The lowest BCUT2D eigenvalue weighted by molar-refractivity contribution is -0.113. The maximum Gasteiger partial charge on any atom is 0.337 e. The molecule has 27 heavy (non-hydrogen) atoms. The fraction of sp³-hybridized carbons (Fsp3) is 0.158.